The highest BCUT2D eigenvalue weighted by Gasteiger charge is 2.18. The Labute approximate surface area is 120 Å². The largest absolute Gasteiger partial charge is 0.490 e. The molecule has 0 heterocycles. The molecule has 112 valence electrons. The Balaban J connectivity index is 1.72. The van der Waals surface area contributed by atoms with Crippen LogP contribution in [0.4, 0.5) is 8.78 Å². The Morgan fingerprint density at radius 3 is 2.50 bits per heavy atom. The minimum atomic E-state index is -0.864. The second-order valence-electron chi connectivity index (χ2n) is 6.13. The first-order valence-electron chi connectivity index (χ1n) is 7.65. The molecule has 3 heteroatoms. The average Bonchev–Trinajstić information content (AvgIpc) is 2.45. The van der Waals surface area contributed by atoms with Crippen LogP contribution < -0.4 is 4.74 Å². The van der Waals surface area contributed by atoms with Gasteiger partial charge in [-0.3, -0.25) is 0 Å². The fraction of sp³-hybridized carbons (Fsp3) is 0.647. The van der Waals surface area contributed by atoms with E-state index in [9.17, 15) is 8.78 Å². The van der Waals surface area contributed by atoms with Crippen molar-refractivity contribution in [1.82, 2.24) is 0 Å². The molecule has 0 amide bonds. The summed E-state index contributed by atoms with van der Waals surface area (Å²) in [7, 11) is 0. The van der Waals surface area contributed by atoms with Crippen molar-refractivity contribution in [2.24, 2.45) is 11.8 Å². The number of aryl methyl sites for hydroxylation is 1. The first kappa shape index (κ1) is 15.3. The lowest BCUT2D eigenvalue weighted by atomic mass is 9.81. The van der Waals surface area contributed by atoms with Gasteiger partial charge in [0, 0.05) is 0 Å². The van der Waals surface area contributed by atoms with E-state index in [1.807, 2.05) is 0 Å². The zero-order valence-corrected chi connectivity index (χ0v) is 12.4. The number of hydrogen-bond donors (Lipinski definition) is 0. The van der Waals surface area contributed by atoms with Crippen LogP contribution in [0.15, 0.2) is 12.1 Å². The van der Waals surface area contributed by atoms with Crippen LogP contribution in [0.1, 0.15) is 51.0 Å². The van der Waals surface area contributed by atoms with E-state index in [2.05, 4.69) is 6.92 Å². The van der Waals surface area contributed by atoms with Crippen LogP contribution in [0.25, 0.3) is 0 Å². The van der Waals surface area contributed by atoms with E-state index in [1.165, 1.54) is 31.7 Å². The summed E-state index contributed by atoms with van der Waals surface area (Å²) in [6.45, 7) is 4.33. The van der Waals surface area contributed by atoms with Crippen LogP contribution in [0.5, 0.6) is 5.75 Å². The van der Waals surface area contributed by atoms with Gasteiger partial charge in [-0.15, -0.1) is 0 Å². The molecule has 0 N–H and O–H groups in total. The van der Waals surface area contributed by atoms with Crippen LogP contribution in [-0.2, 0) is 0 Å². The standard InChI is InChI=1S/C17H24F2O/c1-12-5-8-14(9-6-12)4-3-11-20-15-10-7-13(2)16(18)17(15)19/h7,10,12,14H,3-6,8-9,11H2,1-2H3. The molecule has 0 unspecified atom stereocenters. The molecule has 0 bridgehead atoms. The lowest BCUT2D eigenvalue weighted by Crippen LogP contribution is -2.13. The van der Waals surface area contributed by atoms with E-state index in [4.69, 9.17) is 4.74 Å². The van der Waals surface area contributed by atoms with Gasteiger partial charge in [0.05, 0.1) is 6.61 Å². The molecule has 1 fully saturated rings. The number of hydrogen-bond acceptors (Lipinski definition) is 1. The van der Waals surface area contributed by atoms with Crippen molar-refractivity contribution in [1.29, 1.82) is 0 Å². The zero-order valence-electron chi connectivity index (χ0n) is 12.4. The highest BCUT2D eigenvalue weighted by atomic mass is 19.2. The maximum Gasteiger partial charge on any atom is 0.200 e. The van der Waals surface area contributed by atoms with Gasteiger partial charge in [0.15, 0.2) is 11.6 Å². The molecule has 0 atom stereocenters. The van der Waals surface area contributed by atoms with Crippen LogP contribution >= 0.6 is 0 Å². The molecule has 0 spiro atoms. The molecule has 0 radical (unpaired) electrons. The van der Waals surface area contributed by atoms with Crippen molar-refractivity contribution < 1.29 is 13.5 Å². The predicted octanol–water partition coefficient (Wildman–Crippen LogP) is 5.26. The maximum absolute atomic E-state index is 13.6. The fourth-order valence-corrected chi connectivity index (χ4v) is 2.91. The van der Waals surface area contributed by atoms with Gasteiger partial charge in [-0.25, -0.2) is 4.39 Å². The topological polar surface area (TPSA) is 9.23 Å². The number of halogens is 2. The van der Waals surface area contributed by atoms with Gasteiger partial charge in [0.1, 0.15) is 0 Å². The lowest BCUT2D eigenvalue weighted by molar-refractivity contribution is 0.239. The summed E-state index contributed by atoms with van der Waals surface area (Å²) in [6.07, 6.45) is 7.28. The Morgan fingerprint density at radius 1 is 1.10 bits per heavy atom. The molecular weight excluding hydrogens is 258 g/mol. The van der Waals surface area contributed by atoms with Crippen molar-refractivity contribution in [3.8, 4) is 5.75 Å². The van der Waals surface area contributed by atoms with Crippen LogP contribution in [0.2, 0.25) is 0 Å². The number of ether oxygens (including phenoxy) is 1. The van der Waals surface area contributed by atoms with E-state index in [0.717, 1.165) is 24.7 Å². The lowest BCUT2D eigenvalue weighted by Gasteiger charge is -2.26. The van der Waals surface area contributed by atoms with Gasteiger partial charge >= 0.3 is 0 Å². The monoisotopic (exact) mass is 282 g/mol. The summed E-state index contributed by atoms with van der Waals surface area (Å²) in [5.41, 5.74) is 0.311. The molecule has 0 aliphatic heterocycles. The average molecular weight is 282 g/mol. The third-order valence-electron chi connectivity index (χ3n) is 4.39. The van der Waals surface area contributed by atoms with Crippen molar-refractivity contribution in [2.45, 2.75) is 52.4 Å². The number of rotatable bonds is 5. The molecule has 1 saturated carbocycles. The van der Waals surface area contributed by atoms with Crippen LogP contribution in [-0.4, -0.2) is 6.61 Å². The molecule has 20 heavy (non-hydrogen) atoms. The van der Waals surface area contributed by atoms with E-state index < -0.39 is 11.6 Å². The van der Waals surface area contributed by atoms with Crippen LogP contribution in [0.3, 0.4) is 0 Å². The van der Waals surface area contributed by atoms with Crippen molar-refractivity contribution in [3.63, 3.8) is 0 Å². The quantitative estimate of drug-likeness (QED) is 0.669. The summed E-state index contributed by atoms with van der Waals surface area (Å²) in [5, 5.41) is 0. The molecule has 0 saturated heterocycles. The van der Waals surface area contributed by atoms with Gasteiger partial charge in [-0.1, -0.05) is 38.7 Å². The van der Waals surface area contributed by atoms with Gasteiger partial charge < -0.3 is 4.74 Å². The maximum atomic E-state index is 13.6. The highest BCUT2D eigenvalue weighted by Crippen LogP contribution is 2.31. The third-order valence-corrected chi connectivity index (χ3v) is 4.39. The molecule has 1 aromatic rings. The van der Waals surface area contributed by atoms with E-state index in [0.29, 0.717) is 12.2 Å². The Bertz CT molecular complexity index is 437. The van der Waals surface area contributed by atoms with Gasteiger partial charge in [-0.2, -0.15) is 4.39 Å². The fourth-order valence-electron chi connectivity index (χ4n) is 2.91. The van der Waals surface area contributed by atoms with Crippen molar-refractivity contribution in [2.75, 3.05) is 6.61 Å². The summed E-state index contributed by atoms with van der Waals surface area (Å²) in [5.74, 6) is 0.0205. The first-order valence-corrected chi connectivity index (χ1v) is 7.65. The predicted molar refractivity (Wildman–Crippen MR) is 76.9 cm³/mol. The summed E-state index contributed by atoms with van der Waals surface area (Å²) >= 11 is 0. The molecule has 2 rings (SSSR count). The Morgan fingerprint density at radius 2 is 1.80 bits per heavy atom. The summed E-state index contributed by atoms with van der Waals surface area (Å²) in [6, 6.07) is 3.06. The second-order valence-corrected chi connectivity index (χ2v) is 6.13. The highest BCUT2D eigenvalue weighted by molar-refractivity contribution is 5.30. The van der Waals surface area contributed by atoms with Crippen LogP contribution in [0, 0.1) is 30.4 Å². The SMILES string of the molecule is Cc1ccc(OCCCC2CCC(C)CC2)c(F)c1F. The summed E-state index contributed by atoms with van der Waals surface area (Å²) < 4.78 is 32.3. The Kier molecular flexibility index (Phi) is 5.38. The summed E-state index contributed by atoms with van der Waals surface area (Å²) in [4.78, 5) is 0. The molecule has 0 aromatic heterocycles. The van der Waals surface area contributed by atoms with Gasteiger partial charge in [-0.05, 0) is 43.2 Å². The smallest absolute Gasteiger partial charge is 0.200 e. The van der Waals surface area contributed by atoms with E-state index >= 15 is 0 Å². The number of benzene rings is 1. The zero-order chi connectivity index (χ0) is 14.5. The van der Waals surface area contributed by atoms with Crippen molar-refractivity contribution in [3.05, 3.63) is 29.3 Å². The molecule has 1 aliphatic rings. The molecule has 1 nitrogen and oxygen atoms in total. The van der Waals surface area contributed by atoms with E-state index in [-0.39, 0.29) is 5.75 Å². The van der Waals surface area contributed by atoms with Gasteiger partial charge in [0.25, 0.3) is 0 Å². The van der Waals surface area contributed by atoms with Crippen molar-refractivity contribution >= 4 is 0 Å². The molecule has 1 aliphatic carbocycles. The Hall–Kier alpha value is -1.12. The molecular formula is C17H24F2O. The van der Waals surface area contributed by atoms with Gasteiger partial charge in [0.2, 0.25) is 5.82 Å². The minimum absolute atomic E-state index is 0.0327. The minimum Gasteiger partial charge on any atom is -0.490 e. The first-order chi connectivity index (χ1) is 9.58. The third kappa shape index (κ3) is 3.94. The van der Waals surface area contributed by atoms with E-state index in [1.54, 1.807) is 13.0 Å². The molecule has 1 aromatic carbocycles. The normalized spacial score (nSPS) is 22.8. The second kappa shape index (κ2) is 7.05.